The maximum atomic E-state index is 13.0. The average molecular weight is 429 g/mol. The second kappa shape index (κ2) is 7.27. The third-order valence-electron chi connectivity index (χ3n) is 4.51. The summed E-state index contributed by atoms with van der Waals surface area (Å²) in [5, 5.41) is 6.49. The van der Waals surface area contributed by atoms with E-state index in [0.717, 1.165) is 22.9 Å². The number of benzene rings is 2. The summed E-state index contributed by atoms with van der Waals surface area (Å²) in [6.45, 7) is 1.49. The number of halogens is 3. The number of imidazole rings is 1. The zero-order chi connectivity index (χ0) is 22.3. The molecular weight excluding hydrogens is 415 g/mol. The van der Waals surface area contributed by atoms with Crippen molar-refractivity contribution in [3.63, 3.8) is 0 Å². The number of carbonyl (C=O) groups is 1. The average Bonchev–Trinajstić information content (AvgIpc) is 3.06. The Hall–Kier alpha value is -4.15. The number of carbonyl (C=O) groups excluding carboxylic acids is 1. The number of hydrogen-bond acceptors (Lipinski definition) is 4. The van der Waals surface area contributed by atoms with E-state index in [4.69, 9.17) is 0 Å². The van der Waals surface area contributed by atoms with Gasteiger partial charge < -0.3 is 15.3 Å². The number of aryl methyl sites for hydroxylation is 1. The lowest BCUT2D eigenvalue weighted by Gasteiger charge is -2.13. The van der Waals surface area contributed by atoms with Gasteiger partial charge in [0, 0.05) is 17.4 Å². The Morgan fingerprint density at radius 3 is 2.52 bits per heavy atom. The number of aromatic nitrogens is 4. The van der Waals surface area contributed by atoms with E-state index in [1.54, 1.807) is 6.07 Å². The van der Waals surface area contributed by atoms with Gasteiger partial charge in [-0.15, -0.1) is 0 Å². The summed E-state index contributed by atoms with van der Waals surface area (Å²) in [4.78, 5) is 41.4. The highest BCUT2D eigenvalue weighted by molar-refractivity contribution is 6.03. The van der Waals surface area contributed by atoms with E-state index in [0.29, 0.717) is 16.7 Å². The largest absolute Gasteiger partial charge is 0.416 e. The second-order valence-electron chi connectivity index (χ2n) is 6.75. The molecule has 2 aromatic carbocycles. The number of hydrogen-bond donors (Lipinski definition) is 3. The van der Waals surface area contributed by atoms with E-state index < -0.39 is 34.5 Å². The molecule has 0 radical (unpaired) electrons. The minimum Gasteiger partial charge on any atom is -0.320 e. The highest BCUT2D eigenvalue weighted by atomic mass is 19.4. The van der Waals surface area contributed by atoms with Crippen molar-refractivity contribution in [1.82, 2.24) is 19.7 Å². The molecule has 0 fully saturated rings. The van der Waals surface area contributed by atoms with Gasteiger partial charge in [-0.2, -0.15) is 18.3 Å². The Balaban J connectivity index is 1.71. The first kappa shape index (κ1) is 20.1. The maximum Gasteiger partial charge on any atom is 0.416 e. The normalized spacial score (nSPS) is 11.6. The van der Waals surface area contributed by atoms with Crippen LogP contribution < -0.4 is 16.4 Å². The standard InChI is InChI=1S/C20H14F3N5O3/c1-10-7-16(29)17(27-28(10)13-4-2-3-11(8-13)20(21,22)23)18(30)24-12-5-6-14-15(9-12)26-19(31)25-14/h2-9H,1H3,(H,24,30)(H2,25,26,31). The van der Waals surface area contributed by atoms with Crippen molar-refractivity contribution in [3.05, 3.63) is 86.2 Å². The Bertz CT molecular complexity index is 1430. The summed E-state index contributed by atoms with van der Waals surface area (Å²) in [7, 11) is 0. The number of anilines is 1. The molecule has 31 heavy (non-hydrogen) atoms. The predicted octanol–water partition coefficient (Wildman–Crippen LogP) is 2.98. The van der Waals surface area contributed by atoms with Gasteiger partial charge in [0.05, 0.1) is 22.3 Å². The molecule has 2 heterocycles. The van der Waals surface area contributed by atoms with Crippen LogP contribution >= 0.6 is 0 Å². The number of nitrogens with one attached hydrogen (secondary N) is 3. The van der Waals surface area contributed by atoms with E-state index >= 15 is 0 Å². The first-order valence-electron chi connectivity index (χ1n) is 8.94. The van der Waals surface area contributed by atoms with Gasteiger partial charge >= 0.3 is 11.9 Å². The predicted molar refractivity (Wildman–Crippen MR) is 106 cm³/mol. The Morgan fingerprint density at radius 1 is 1.03 bits per heavy atom. The summed E-state index contributed by atoms with van der Waals surface area (Å²) >= 11 is 0. The van der Waals surface area contributed by atoms with Crippen LogP contribution in [-0.2, 0) is 6.18 Å². The molecule has 4 aromatic rings. The molecule has 0 spiro atoms. The monoisotopic (exact) mass is 429 g/mol. The fourth-order valence-electron chi connectivity index (χ4n) is 3.08. The zero-order valence-corrected chi connectivity index (χ0v) is 15.9. The van der Waals surface area contributed by atoms with E-state index in [9.17, 15) is 27.6 Å². The van der Waals surface area contributed by atoms with Gasteiger partial charge in [-0.25, -0.2) is 9.48 Å². The molecule has 0 aliphatic heterocycles. The van der Waals surface area contributed by atoms with Crippen LogP contribution in [0.1, 0.15) is 21.7 Å². The molecular formula is C20H14F3N5O3. The molecule has 0 bridgehead atoms. The first-order chi connectivity index (χ1) is 14.6. The summed E-state index contributed by atoms with van der Waals surface area (Å²) in [5.41, 5.74) is -0.906. The van der Waals surface area contributed by atoms with Gasteiger partial charge in [0.2, 0.25) is 5.43 Å². The molecule has 158 valence electrons. The molecule has 4 rings (SSSR count). The molecule has 0 aliphatic rings. The third-order valence-corrected chi connectivity index (χ3v) is 4.51. The molecule has 0 aliphatic carbocycles. The van der Waals surface area contributed by atoms with E-state index in [2.05, 4.69) is 20.4 Å². The quantitative estimate of drug-likeness (QED) is 0.465. The van der Waals surface area contributed by atoms with Gasteiger partial charge in [-0.1, -0.05) is 6.07 Å². The highest BCUT2D eigenvalue weighted by Crippen LogP contribution is 2.30. The Morgan fingerprint density at radius 2 is 1.77 bits per heavy atom. The number of H-pyrrole nitrogens is 2. The summed E-state index contributed by atoms with van der Waals surface area (Å²) in [5.74, 6) is -0.844. The summed E-state index contributed by atoms with van der Waals surface area (Å²) in [6, 6.07) is 10.1. The number of alkyl halides is 3. The molecule has 0 atom stereocenters. The lowest BCUT2D eigenvalue weighted by atomic mass is 10.2. The second-order valence-corrected chi connectivity index (χ2v) is 6.75. The van der Waals surface area contributed by atoms with E-state index in [1.165, 1.54) is 31.2 Å². The van der Waals surface area contributed by atoms with Gasteiger partial charge in [-0.3, -0.25) is 9.59 Å². The van der Waals surface area contributed by atoms with E-state index in [1.807, 2.05) is 0 Å². The van der Waals surface area contributed by atoms with Crippen LogP contribution in [0.3, 0.4) is 0 Å². The topological polar surface area (TPSA) is 113 Å². The molecule has 1 amide bonds. The minimum absolute atomic E-state index is 0.0488. The van der Waals surface area contributed by atoms with Crippen molar-refractivity contribution in [3.8, 4) is 5.69 Å². The Labute approximate surface area is 171 Å². The number of amides is 1. The van der Waals surface area contributed by atoms with Crippen LogP contribution in [0.15, 0.2) is 58.1 Å². The maximum absolute atomic E-state index is 13.0. The molecule has 0 unspecified atom stereocenters. The van der Waals surface area contributed by atoms with Gasteiger partial charge in [0.25, 0.3) is 5.91 Å². The van der Waals surface area contributed by atoms with Crippen molar-refractivity contribution >= 4 is 22.6 Å². The van der Waals surface area contributed by atoms with Crippen LogP contribution in [-0.4, -0.2) is 25.7 Å². The molecule has 2 aromatic heterocycles. The van der Waals surface area contributed by atoms with Gasteiger partial charge in [0.15, 0.2) is 5.69 Å². The van der Waals surface area contributed by atoms with Crippen molar-refractivity contribution in [2.24, 2.45) is 0 Å². The zero-order valence-electron chi connectivity index (χ0n) is 15.9. The molecule has 8 nitrogen and oxygen atoms in total. The summed E-state index contributed by atoms with van der Waals surface area (Å²) < 4.78 is 40.2. The van der Waals surface area contributed by atoms with Crippen molar-refractivity contribution < 1.29 is 18.0 Å². The van der Waals surface area contributed by atoms with Crippen LogP contribution in [0.5, 0.6) is 0 Å². The first-order valence-corrected chi connectivity index (χ1v) is 8.94. The smallest absolute Gasteiger partial charge is 0.320 e. The van der Waals surface area contributed by atoms with Crippen LogP contribution in [0.25, 0.3) is 16.7 Å². The molecule has 11 heteroatoms. The number of fused-ring (bicyclic) bond motifs is 1. The lowest BCUT2D eigenvalue weighted by Crippen LogP contribution is -2.27. The number of aromatic amines is 2. The van der Waals surface area contributed by atoms with Crippen LogP contribution in [0.2, 0.25) is 0 Å². The van der Waals surface area contributed by atoms with Crippen molar-refractivity contribution in [2.75, 3.05) is 5.32 Å². The van der Waals surface area contributed by atoms with Crippen LogP contribution in [0.4, 0.5) is 18.9 Å². The van der Waals surface area contributed by atoms with E-state index in [-0.39, 0.29) is 11.4 Å². The van der Waals surface area contributed by atoms with Crippen molar-refractivity contribution in [1.29, 1.82) is 0 Å². The fourth-order valence-corrected chi connectivity index (χ4v) is 3.08. The van der Waals surface area contributed by atoms with Gasteiger partial charge in [0.1, 0.15) is 0 Å². The third kappa shape index (κ3) is 3.97. The summed E-state index contributed by atoms with van der Waals surface area (Å²) in [6.07, 6.45) is -4.55. The van der Waals surface area contributed by atoms with Crippen molar-refractivity contribution in [2.45, 2.75) is 13.1 Å². The molecule has 3 N–H and O–H groups in total. The highest BCUT2D eigenvalue weighted by Gasteiger charge is 2.30. The number of rotatable bonds is 3. The minimum atomic E-state index is -4.55. The fraction of sp³-hybridized carbons (Fsp3) is 0.100. The molecule has 0 saturated carbocycles. The van der Waals surface area contributed by atoms with Crippen LogP contribution in [0, 0.1) is 6.92 Å². The SMILES string of the molecule is Cc1cc(=O)c(C(=O)Nc2ccc3[nH]c(=O)[nH]c3c2)nn1-c1cccc(C(F)(F)F)c1. The lowest BCUT2D eigenvalue weighted by molar-refractivity contribution is -0.137. The Kier molecular flexibility index (Phi) is 4.72. The number of nitrogens with zero attached hydrogens (tertiary/aromatic N) is 2. The van der Waals surface area contributed by atoms with Gasteiger partial charge in [-0.05, 0) is 43.3 Å². The molecule has 0 saturated heterocycles.